The highest BCUT2D eigenvalue weighted by Crippen LogP contribution is 2.21. The minimum absolute atomic E-state index is 0.0605. The molecule has 1 aliphatic rings. The lowest BCUT2D eigenvalue weighted by molar-refractivity contribution is 0.0474. The molecule has 1 fully saturated rings. The SMILES string of the molecule is CCc1ccc(C(=O)COC(=O)c2cccc(S(=O)(=O)N3CCCC3)c2)cc1. The first-order valence-corrected chi connectivity index (χ1v) is 10.8. The monoisotopic (exact) mass is 401 g/mol. The fraction of sp³-hybridized carbons (Fsp3) is 0.333. The van der Waals surface area contributed by atoms with Gasteiger partial charge >= 0.3 is 5.97 Å². The number of carbonyl (C=O) groups excluding carboxylic acids is 2. The summed E-state index contributed by atoms with van der Waals surface area (Å²) in [5, 5.41) is 0. The van der Waals surface area contributed by atoms with Gasteiger partial charge in [-0.25, -0.2) is 13.2 Å². The molecule has 0 spiro atoms. The molecule has 0 amide bonds. The lowest BCUT2D eigenvalue weighted by Crippen LogP contribution is -2.28. The largest absolute Gasteiger partial charge is 0.454 e. The molecular weight excluding hydrogens is 378 g/mol. The summed E-state index contributed by atoms with van der Waals surface area (Å²) in [5.74, 6) is -1.03. The number of aryl methyl sites for hydroxylation is 1. The number of carbonyl (C=O) groups is 2. The number of nitrogens with zero attached hydrogens (tertiary/aromatic N) is 1. The average molecular weight is 401 g/mol. The molecule has 0 saturated carbocycles. The summed E-state index contributed by atoms with van der Waals surface area (Å²) in [6.07, 6.45) is 2.55. The maximum atomic E-state index is 12.6. The third kappa shape index (κ3) is 4.48. The Labute approximate surface area is 165 Å². The lowest BCUT2D eigenvalue weighted by atomic mass is 10.1. The summed E-state index contributed by atoms with van der Waals surface area (Å²) in [6, 6.07) is 12.9. The molecule has 0 N–H and O–H groups in total. The van der Waals surface area contributed by atoms with Crippen LogP contribution in [0, 0.1) is 0 Å². The van der Waals surface area contributed by atoms with Crippen LogP contribution < -0.4 is 0 Å². The fourth-order valence-corrected chi connectivity index (χ4v) is 4.65. The first kappa shape index (κ1) is 20.2. The van der Waals surface area contributed by atoms with Crippen molar-refractivity contribution >= 4 is 21.8 Å². The van der Waals surface area contributed by atoms with Crippen molar-refractivity contribution in [1.29, 1.82) is 0 Å². The highest BCUT2D eigenvalue weighted by Gasteiger charge is 2.27. The van der Waals surface area contributed by atoms with Crippen molar-refractivity contribution in [2.75, 3.05) is 19.7 Å². The van der Waals surface area contributed by atoms with E-state index in [1.807, 2.05) is 19.1 Å². The van der Waals surface area contributed by atoms with Crippen LogP contribution in [0.1, 0.15) is 46.0 Å². The van der Waals surface area contributed by atoms with Crippen molar-refractivity contribution in [2.45, 2.75) is 31.1 Å². The number of ether oxygens (including phenoxy) is 1. The maximum Gasteiger partial charge on any atom is 0.338 e. The van der Waals surface area contributed by atoms with Gasteiger partial charge in [-0.2, -0.15) is 4.31 Å². The number of esters is 1. The highest BCUT2D eigenvalue weighted by atomic mass is 32.2. The topological polar surface area (TPSA) is 80.8 Å². The van der Waals surface area contributed by atoms with Crippen LogP contribution >= 0.6 is 0 Å². The predicted octanol–water partition coefficient (Wildman–Crippen LogP) is 3.07. The Morgan fingerprint density at radius 3 is 2.32 bits per heavy atom. The van der Waals surface area contributed by atoms with Gasteiger partial charge < -0.3 is 4.74 Å². The van der Waals surface area contributed by atoms with E-state index in [2.05, 4.69) is 0 Å². The van der Waals surface area contributed by atoms with Crippen molar-refractivity contribution in [3.8, 4) is 0 Å². The lowest BCUT2D eigenvalue weighted by Gasteiger charge is -2.15. The zero-order chi connectivity index (χ0) is 20.1. The van der Waals surface area contributed by atoms with E-state index in [0.29, 0.717) is 18.7 Å². The van der Waals surface area contributed by atoms with Crippen LogP contribution in [0.3, 0.4) is 0 Å². The molecule has 1 aliphatic heterocycles. The second-order valence-electron chi connectivity index (χ2n) is 6.69. The number of Topliss-reactive ketones (excluding diaryl/α,β-unsaturated/α-hetero) is 1. The maximum absolute atomic E-state index is 12.6. The number of hydrogen-bond acceptors (Lipinski definition) is 5. The standard InChI is InChI=1S/C21H23NO5S/c1-2-16-8-10-17(11-9-16)20(23)15-27-21(24)18-6-5-7-19(14-18)28(25,26)22-12-3-4-13-22/h5-11,14H,2-4,12-13,15H2,1H3. The quantitative estimate of drug-likeness (QED) is 0.526. The summed E-state index contributed by atoms with van der Waals surface area (Å²) in [5.41, 5.74) is 1.69. The van der Waals surface area contributed by atoms with Crippen LogP contribution in [0.25, 0.3) is 0 Å². The summed E-state index contributed by atoms with van der Waals surface area (Å²) in [4.78, 5) is 24.6. The molecule has 28 heavy (non-hydrogen) atoms. The smallest absolute Gasteiger partial charge is 0.338 e. The van der Waals surface area contributed by atoms with Crippen molar-refractivity contribution in [2.24, 2.45) is 0 Å². The first-order chi connectivity index (χ1) is 13.4. The van der Waals surface area contributed by atoms with Gasteiger partial charge in [0, 0.05) is 18.7 Å². The molecule has 2 aromatic carbocycles. The molecule has 0 radical (unpaired) electrons. The van der Waals surface area contributed by atoms with E-state index in [9.17, 15) is 18.0 Å². The van der Waals surface area contributed by atoms with Gasteiger partial charge in [0.1, 0.15) is 0 Å². The molecule has 0 atom stereocenters. The third-order valence-electron chi connectivity index (χ3n) is 4.79. The molecule has 0 bridgehead atoms. The van der Waals surface area contributed by atoms with Gasteiger partial charge in [-0.3, -0.25) is 4.79 Å². The van der Waals surface area contributed by atoms with E-state index in [1.54, 1.807) is 12.1 Å². The highest BCUT2D eigenvalue weighted by molar-refractivity contribution is 7.89. The van der Waals surface area contributed by atoms with Gasteiger partial charge in [0.05, 0.1) is 10.5 Å². The van der Waals surface area contributed by atoms with Crippen molar-refractivity contribution in [3.05, 3.63) is 65.2 Å². The Kier molecular flexibility index (Phi) is 6.26. The fourth-order valence-electron chi connectivity index (χ4n) is 3.09. The summed E-state index contributed by atoms with van der Waals surface area (Å²) in [6.45, 7) is 2.61. The Bertz CT molecular complexity index is 961. The first-order valence-electron chi connectivity index (χ1n) is 9.31. The molecule has 0 unspecified atom stereocenters. The Morgan fingerprint density at radius 1 is 1.00 bits per heavy atom. The molecule has 3 rings (SSSR count). The molecule has 7 heteroatoms. The number of hydrogen-bond donors (Lipinski definition) is 0. The number of rotatable bonds is 7. The molecule has 1 heterocycles. The normalized spacial score (nSPS) is 14.8. The van der Waals surface area contributed by atoms with Crippen LogP contribution in [0.2, 0.25) is 0 Å². The molecule has 0 aliphatic carbocycles. The van der Waals surface area contributed by atoms with Crippen molar-refractivity contribution in [1.82, 2.24) is 4.31 Å². The minimum atomic E-state index is -3.62. The molecule has 1 saturated heterocycles. The molecule has 148 valence electrons. The van der Waals surface area contributed by atoms with Crippen molar-refractivity contribution in [3.63, 3.8) is 0 Å². The van der Waals surface area contributed by atoms with Gasteiger partial charge in [-0.05, 0) is 43.0 Å². The van der Waals surface area contributed by atoms with Gasteiger partial charge in [0.15, 0.2) is 12.4 Å². The van der Waals surface area contributed by atoms with Crippen LogP contribution in [0.4, 0.5) is 0 Å². The Morgan fingerprint density at radius 2 is 1.68 bits per heavy atom. The van der Waals surface area contributed by atoms with Crippen LogP contribution in [-0.4, -0.2) is 44.2 Å². The van der Waals surface area contributed by atoms with Gasteiger partial charge in [0.2, 0.25) is 10.0 Å². The minimum Gasteiger partial charge on any atom is -0.454 e. The van der Waals surface area contributed by atoms with E-state index in [4.69, 9.17) is 4.74 Å². The zero-order valence-electron chi connectivity index (χ0n) is 15.8. The average Bonchev–Trinajstić information content (AvgIpc) is 3.27. The molecule has 6 nitrogen and oxygen atoms in total. The van der Waals surface area contributed by atoms with E-state index in [0.717, 1.165) is 24.8 Å². The Hall–Kier alpha value is -2.51. The van der Waals surface area contributed by atoms with Gasteiger partial charge in [0.25, 0.3) is 0 Å². The van der Waals surface area contributed by atoms with E-state index >= 15 is 0 Å². The van der Waals surface area contributed by atoms with E-state index in [-0.39, 0.29) is 16.2 Å². The molecule has 2 aromatic rings. The Balaban J connectivity index is 1.66. The van der Waals surface area contributed by atoms with Crippen LogP contribution in [-0.2, 0) is 21.2 Å². The predicted molar refractivity (Wildman–Crippen MR) is 105 cm³/mol. The molecule has 0 aromatic heterocycles. The summed E-state index contributed by atoms with van der Waals surface area (Å²) >= 11 is 0. The number of benzene rings is 2. The zero-order valence-corrected chi connectivity index (χ0v) is 16.6. The van der Waals surface area contributed by atoms with Gasteiger partial charge in [-0.1, -0.05) is 37.3 Å². The number of ketones is 1. The van der Waals surface area contributed by atoms with Crippen LogP contribution in [0.15, 0.2) is 53.4 Å². The second kappa shape index (κ2) is 8.67. The van der Waals surface area contributed by atoms with Crippen molar-refractivity contribution < 1.29 is 22.7 Å². The van der Waals surface area contributed by atoms with E-state index in [1.165, 1.54) is 28.6 Å². The summed E-state index contributed by atoms with van der Waals surface area (Å²) in [7, 11) is -3.62. The molecular formula is C21H23NO5S. The van der Waals surface area contributed by atoms with E-state index < -0.39 is 22.6 Å². The third-order valence-corrected chi connectivity index (χ3v) is 6.69. The number of sulfonamides is 1. The summed E-state index contributed by atoms with van der Waals surface area (Å²) < 4.78 is 31.8. The second-order valence-corrected chi connectivity index (χ2v) is 8.63. The van der Waals surface area contributed by atoms with Crippen LogP contribution in [0.5, 0.6) is 0 Å². The van der Waals surface area contributed by atoms with Gasteiger partial charge in [-0.15, -0.1) is 0 Å².